The Morgan fingerprint density at radius 3 is 1.03 bits per heavy atom. The largest absolute Gasteiger partial charge is 0.0616 e. The van der Waals surface area contributed by atoms with Gasteiger partial charge >= 0.3 is 0 Å². The van der Waals surface area contributed by atoms with Gasteiger partial charge in [0.15, 0.2) is 0 Å². The Balaban J connectivity index is 2.03. The fraction of sp³-hybridized carbons (Fsp3) is 0.0667. The van der Waals surface area contributed by atoms with Crippen molar-refractivity contribution in [3.05, 3.63) is 96.1 Å². The summed E-state index contributed by atoms with van der Waals surface area (Å²) < 4.78 is 0. The van der Waals surface area contributed by atoms with Crippen molar-refractivity contribution in [3.63, 3.8) is 0 Å². The van der Waals surface area contributed by atoms with Crippen LogP contribution in [-0.2, 0) is 0 Å². The average Bonchev–Trinajstić information content (AvgIpc) is 2.81. The van der Waals surface area contributed by atoms with Crippen molar-refractivity contribution in [1.82, 2.24) is 0 Å². The lowest BCUT2D eigenvalue weighted by Gasteiger charge is -2.21. The summed E-state index contributed by atoms with van der Waals surface area (Å²) in [5, 5.41) is 16.5. The Labute approximate surface area is 174 Å². The molecule has 0 nitrogen and oxygen atoms in total. The Kier molecular flexibility index (Phi) is 2.96. The third-order valence-electron chi connectivity index (χ3n) is 7.18. The Hall–Kier alpha value is -3.64. The van der Waals surface area contributed by atoms with Gasteiger partial charge < -0.3 is 0 Å². The molecule has 0 aliphatic rings. The molecule has 7 aromatic rings. The van der Waals surface area contributed by atoms with E-state index < -0.39 is 0 Å². The highest BCUT2D eigenvalue weighted by molar-refractivity contribution is 6.43. The van der Waals surface area contributed by atoms with Crippen LogP contribution >= 0.6 is 0 Å². The highest BCUT2D eigenvalue weighted by Gasteiger charge is 2.20. The second kappa shape index (κ2) is 5.49. The van der Waals surface area contributed by atoms with E-state index in [0.29, 0.717) is 0 Å². The Morgan fingerprint density at radius 2 is 0.600 bits per heavy atom. The van der Waals surface area contributed by atoms with Crippen LogP contribution in [0.5, 0.6) is 0 Å². The summed E-state index contributed by atoms with van der Waals surface area (Å²) in [5.74, 6) is 0. The van der Waals surface area contributed by atoms with E-state index in [-0.39, 0.29) is 0 Å². The molecule has 0 atom stereocenters. The number of benzene rings is 7. The van der Waals surface area contributed by atoms with E-state index in [1.54, 1.807) is 0 Å². The van der Waals surface area contributed by atoms with Crippen LogP contribution in [0.25, 0.3) is 64.6 Å². The van der Waals surface area contributed by atoms with Crippen LogP contribution in [0.1, 0.15) is 11.1 Å². The number of aryl methyl sites for hydroxylation is 2. The van der Waals surface area contributed by atoms with E-state index in [1.165, 1.54) is 75.8 Å². The quantitative estimate of drug-likeness (QED) is 0.182. The zero-order valence-corrected chi connectivity index (χ0v) is 17.1. The van der Waals surface area contributed by atoms with Crippen molar-refractivity contribution in [2.45, 2.75) is 13.8 Å². The van der Waals surface area contributed by atoms with Gasteiger partial charge in [0.1, 0.15) is 0 Å². The third kappa shape index (κ3) is 1.78. The van der Waals surface area contributed by atoms with E-state index in [0.717, 1.165) is 0 Å². The molecule has 0 aromatic heterocycles. The zero-order chi connectivity index (χ0) is 20.0. The smallest absolute Gasteiger partial charge is 0.000765 e. The predicted octanol–water partition coefficient (Wildman–Crippen LogP) is 8.66. The predicted molar refractivity (Wildman–Crippen MR) is 132 cm³/mol. The first-order chi connectivity index (χ1) is 14.8. The van der Waals surface area contributed by atoms with Crippen molar-refractivity contribution in [2.75, 3.05) is 0 Å². The van der Waals surface area contributed by atoms with E-state index >= 15 is 0 Å². The van der Waals surface area contributed by atoms with Crippen LogP contribution in [0.2, 0.25) is 0 Å². The summed E-state index contributed by atoms with van der Waals surface area (Å²) in [5.41, 5.74) is 2.75. The van der Waals surface area contributed by atoms with Crippen molar-refractivity contribution >= 4 is 64.6 Å². The summed E-state index contributed by atoms with van der Waals surface area (Å²) in [6, 6.07) is 31.5. The molecule has 0 amide bonds. The minimum atomic E-state index is 1.36. The molecule has 0 aliphatic heterocycles. The second-order valence-corrected chi connectivity index (χ2v) is 8.55. The number of rotatable bonds is 0. The third-order valence-corrected chi connectivity index (χ3v) is 7.18. The van der Waals surface area contributed by atoms with E-state index in [2.05, 4.69) is 98.8 Å². The number of hydrogen-bond acceptors (Lipinski definition) is 0. The van der Waals surface area contributed by atoms with Crippen LogP contribution in [0.4, 0.5) is 0 Å². The summed E-state index contributed by atoms with van der Waals surface area (Å²) in [6.45, 7) is 4.54. The first-order valence-electron chi connectivity index (χ1n) is 10.6. The first-order valence-corrected chi connectivity index (χ1v) is 10.6. The van der Waals surface area contributed by atoms with Gasteiger partial charge in [0.25, 0.3) is 0 Å². The molecule has 0 unspecified atom stereocenters. The first kappa shape index (κ1) is 16.2. The maximum atomic E-state index is 2.31. The highest BCUT2D eigenvalue weighted by atomic mass is 14.2. The minimum absolute atomic E-state index is 1.36. The highest BCUT2D eigenvalue weighted by Crippen LogP contribution is 2.47. The van der Waals surface area contributed by atoms with Crippen molar-refractivity contribution < 1.29 is 0 Å². The van der Waals surface area contributed by atoms with Gasteiger partial charge in [-0.25, -0.2) is 0 Å². The monoisotopic (exact) mass is 380 g/mol. The maximum Gasteiger partial charge on any atom is -0.000765 e. The van der Waals surface area contributed by atoms with Gasteiger partial charge in [-0.2, -0.15) is 0 Å². The fourth-order valence-corrected chi connectivity index (χ4v) is 5.85. The fourth-order valence-electron chi connectivity index (χ4n) is 5.85. The summed E-state index contributed by atoms with van der Waals surface area (Å²) in [7, 11) is 0. The van der Waals surface area contributed by atoms with Crippen molar-refractivity contribution in [1.29, 1.82) is 0 Å². The summed E-state index contributed by atoms with van der Waals surface area (Å²) in [6.07, 6.45) is 0. The Bertz CT molecular complexity index is 1670. The van der Waals surface area contributed by atoms with Crippen molar-refractivity contribution in [2.24, 2.45) is 0 Å². The normalized spacial score (nSPS) is 12.3. The molecule has 0 spiro atoms. The molecule has 0 radical (unpaired) electrons. The van der Waals surface area contributed by atoms with E-state index in [9.17, 15) is 0 Å². The van der Waals surface area contributed by atoms with Crippen LogP contribution in [0.3, 0.4) is 0 Å². The summed E-state index contributed by atoms with van der Waals surface area (Å²) >= 11 is 0. The molecule has 0 heteroatoms. The molecule has 7 rings (SSSR count). The molecule has 0 saturated heterocycles. The van der Waals surface area contributed by atoms with Gasteiger partial charge in [0.2, 0.25) is 0 Å². The van der Waals surface area contributed by atoms with Gasteiger partial charge in [-0.1, -0.05) is 84.9 Å². The van der Waals surface area contributed by atoms with Gasteiger partial charge in [-0.15, -0.1) is 0 Å². The lowest BCUT2D eigenvalue weighted by molar-refractivity contribution is 1.59. The molecule has 0 N–H and O–H groups in total. The number of fused-ring (bicyclic) bond motifs is 6. The molecule has 0 fully saturated rings. The standard InChI is InChI=1S/C30H20/c1-17-19-9-3-5-11-23(19)29-27-21(17)13-7-15-25(27)26-16-8-14-22-18(2)20-10-4-6-12-24(20)30(29)28(22)26/h3-16H,1-2H3. The molecule has 0 saturated carbocycles. The topological polar surface area (TPSA) is 0 Å². The van der Waals surface area contributed by atoms with E-state index in [4.69, 9.17) is 0 Å². The lowest BCUT2D eigenvalue weighted by atomic mass is 9.82. The van der Waals surface area contributed by atoms with Crippen LogP contribution in [0.15, 0.2) is 84.9 Å². The minimum Gasteiger partial charge on any atom is -0.0616 e. The summed E-state index contributed by atoms with van der Waals surface area (Å²) in [4.78, 5) is 0. The molecule has 0 heterocycles. The van der Waals surface area contributed by atoms with Gasteiger partial charge in [0.05, 0.1) is 0 Å². The van der Waals surface area contributed by atoms with Crippen LogP contribution < -0.4 is 0 Å². The van der Waals surface area contributed by atoms with Gasteiger partial charge in [-0.3, -0.25) is 0 Å². The van der Waals surface area contributed by atoms with E-state index in [1.807, 2.05) is 0 Å². The zero-order valence-electron chi connectivity index (χ0n) is 17.1. The van der Waals surface area contributed by atoms with Crippen LogP contribution in [-0.4, -0.2) is 0 Å². The van der Waals surface area contributed by atoms with Crippen molar-refractivity contribution in [3.8, 4) is 0 Å². The lowest BCUT2D eigenvalue weighted by Crippen LogP contribution is -1.93. The molecule has 140 valence electrons. The molecule has 0 bridgehead atoms. The second-order valence-electron chi connectivity index (χ2n) is 8.55. The SMILES string of the molecule is Cc1c2ccccc2c2c3c1cccc3c1cccc3c(C)c4ccccc4c2c31. The molecular formula is C30H20. The van der Waals surface area contributed by atoms with Gasteiger partial charge in [-0.05, 0) is 89.6 Å². The molecule has 0 aliphatic carbocycles. The molecule has 7 aromatic carbocycles. The average molecular weight is 380 g/mol. The number of hydrogen-bond donors (Lipinski definition) is 0. The molecule has 30 heavy (non-hydrogen) atoms. The maximum absolute atomic E-state index is 2.31. The Morgan fingerprint density at radius 1 is 0.300 bits per heavy atom. The van der Waals surface area contributed by atoms with Gasteiger partial charge in [0, 0.05) is 0 Å². The molecular weight excluding hydrogens is 360 g/mol. The van der Waals surface area contributed by atoms with Crippen LogP contribution in [0, 0.1) is 13.8 Å².